The third kappa shape index (κ3) is 1.26. The van der Waals surface area contributed by atoms with Crippen molar-refractivity contribution in [2.75, 3.05) is 6.61 Å². The molecule has 2 nitrogen and oxygen atoms in total. The highest BCUT2D eigenvalue weighted by atomic mass is 32.2. The van der Waals surface area contributed by atoms with E-state index in [9.17, 15) is 4.79 Å². The zero-order valence-electron chi connectivity index (χ0n) is 4.51. The zero-order chi connectivity index (χ0) is 5.98. The molecule has 0 bridgehead atoms. The van der Waals surface area contributed by atoms with Gasteiger partial charge in [0.2, 0.25) is 0 Å². The minimum atomic E-state index is -0.183. The van der Waals surface area contributed by atoms with E-state index in [-0.39, 0.29) is 5.97 Å². The molecule has 0 radical (unpaired) electrons. The summed E-state index contributed by atoms with van der Waals surface area (Å²) in [6.07, 6.45) is 0. The van der Waals surface area contributed by atoms with Gasteiger partial charge in [0.25, 0.3) is 0 Å². The van der Waals surface area contributed by atoms with Crippen LogP contribution in [0.2, 0.25) is 0 Å². The highest BCUT2D eigenvalue weighted by molar-refractivity contribution is 8.13. The van der Waals surface area contributed by atoms with Crippen molar-refractivity contribution >= 4 is 17.7 Å². The molecular weight excluding hydrogens is 124 g/mol. The Hall–Kier alpha value is -0.440. The predicted octanol–water partition coefficient (Wildman–Crippen LogP) is 1.14. The second kappa shape index (κ2) is 2.22. The molecule has 1 aliphatic rings. The molecule has 8 heavy (non-hydrogen) atoms. The number of carbonyl (C=O) groups excluding carboxylic acids is 1. The van der Waals surface area contributed by atoms with E-state index in [2.05, 4.69) is 4.74 Å². The van der Waals surface area contributed by atoms with Gasteiger partial charge in [-0.25, -0.2) is 4.79 Å². The monoisotopic (exact) mass is 130 g/mol. The van der Waals surface area contributed by atoms with Gasteiger partial charge in [-0.15, -0.1) is 0 Å². The first-order valence-electron chi connectivity index (χ1n) is 2.38. The molecule has 0 N–H and O–H groups in total. The summed E-state index contributed by atoms with van der Waals surface area (Å²) in [4.78, 5) is 11.2. The van der Waals surface area contributed by atoms with Gasteiger partial charge < -0.3 is 4.74 Å². The molecule has 0 aromatic carbocycles. The SMILES string of the molecule is CCOC(=O)C1=CS1. The number of rotatable bonds is 2. The van der Waals surface area contributed by atoms with Crippen LogP contribution >= 0.6 is 11.8 Å². The summed E-state index contributed by atoms with van der Waals surface area (Å²) in [5.74, 6) is -0.183. The maximum atomic E-state index is 10.5. The number of hydrogen-bond acceptors (Lipinski definition) is 3. The van der Waals surface area contributed by atoms with Gasteiger partial charge in [0, 0.05) is 0 Å². The van der Waals surface area contributed by atoms with Crippen LogP contribution in [0.5, 0.6) is 0 Å². The van der Waals surface area contributed by atoms with Gasteiger partial charge in [-0.2, -0.15) is 0 Å². The number of hydrogen-bond donors (Lipinski definition) is 0. The van der Waals surface area contributed by atoms with Crippen molar-refractivity contribution in [3.8, 4) is 0 Å². The molecule has 0 saturated heterocycles. The maximum Gasteiger partial charge on any atom is 0.345 e. The van der Waals surface area contributed by atoms with Gasteiger partial charge in [0.1, 0.15) is 4.91 Å². The van der Waals surface area contributed by atoms with Gasteiger partial charge in [-0.3, -0.25) is 0 Å². The Morgan fingerprint density at radius 3 is 3.00 bits per heavy atom. The van der Waals surface area contributed by atoms with Crippen LogP contribution in [0.4, 0.5) is 0 Å². The third-order valence-electron chi connectivity index (χ3n) is 0.712. The second-order valence-corrected chi connectivity index (χ2v) is 2.23. The summed E-state index contributed by atoms with van der Waals surface area (Å²) >= 11 is 1.43. The fourth-order valence-electron chi connectivity index (χ4n) is 0.328. The molecule has 0 fully saturated rings. The smallest absolute Gasteiger partial charge is 0.345 e. The summed E-state index contributed by atoms with van der Waals surface area (Å²) < 4.78 is 4.64. The van der Waals surface area contributed by atoms with Crippen molar-refractivity contribution in [3.05, 3.63) is 10.3 Å². The lowest BCUT2D eigenvalue weighted by Gasteiger charge is -1.92. The molecule has 0 atom stereocenters. The van der Waals surface area contributed by atoms with Crippen molar-refractivity contribution in [2.24, 2.45) is 0 Å². The van der Waals surface area contributed by atoms with E-state index in [1.807, 2.05) is 0 Å². The van der Waals surface area contributed by atoms with Crippen LogP contribution in [0.3, 0.4) is 0 Å². The lowest BCUT2D eigenvalue weighted by atomic mass is 10.6. The molecule has 1 aliphatic heterocycles. The molecule has 0 unspecified atom stereocenters. The Kier molecular flexibility index (Phi) is 1.58. The Morgan fingerprint density at radius 1 is 2.00 bits per heavy atom. The summed E-state index contributed by atoms with van der Waals surface area (Å²) in [5, 5.41) is 1.78. The number of thioether (sulfide) groups is 1. The number of esters is 1. The molecule has 0 saturated carbocycles. The van der Waals surface area contributed by atoms with Crippen LogP contribution in [-0.2, 0) is 9.53 Å². The lowest BCUT2D eigenvalue weighted by Crippen LogP contribution is -1.99. The zero-order valence-corrected chi connectivity index (χ0v) is 5.33. The second-order valence-electron chi connectivity index (χ2n) is 1.32. The minimum absolute atomic E-state index is 0.183. The van der Waals surface area contributed by atoms with E-state index in [4.69, 9.17) is 0 Å². The topological polar surface area (TPSA) is 26.3 Å². The van der Waals surface area contributed by atoms with E-state index in [1.165, 1.54) is 11.8 Å². The molecule has 0 aromatic rings. The Balaban J connectivity index is 2.24. The van der Waals surface area contributed by atoms with E-state index < -0.39 is 0 Å². The first-order chi connectivity index (χ1) is 3.84. The van der Waals surface area contributed by atoms with Crippen LogP contribution in [0.25, 0.3) is 0 Å². The lowest BCUT2D eigenvalue weighted by molar-refractivity contribution is -0.137. The van der Waals surface area contributed by atoms with Gasteiger partial charge in [-0.1, -0.05) is 11.8 Å². The van der Waals surface area contributed by atoms with Crippen LogP contribution < -0.4 is 0 Å². The molecule has 0 aromatic heterocycles. The molecule has 44 valence electrons. The van der Waals surface area contributed by atoms with Gasteiger partial charge >= 0.3 is 5.97 Å². The Morgan fingerprint density at radius 2 is 2.62 bits per heavy atom. The predicted molar refractivity (Wildman–Crippen MR) is 32.3 cm³/mol. The third-order valence-corrected chi connectivity index (χ3v) is 1.35. The maximum absolute atomic E-state index is 10.5. The van der Waals surface area contributed by atoms with Crippen LogP contribution in [-0.4, -0.2) is 12.6 Å². The van der Waals surface area contributed by atoms with Crippen LogP contribution in [0, 0.1) is 0 Å². The minimum Gasteiger partial charge on any atom is -0.462 e. The van der Waals surface area contributed by atoms with E-state index in [1.54, 1.807) is 12.3 Å². The fourth-order valence-corrected chi connectivity index (χ4v) is 0.638. The van der Waals surface area contributed by atoms with Crippen molar-refractivity contribution in [2.45, 2.75) is 6.92 Å². The van der Waals surface area contributed by atoms with Crippen LogP contribution in [0.1, 0.15) is 6.92 Å². The van der Waals surface area contributed by atoms with Gasteiger partial charge in [-0.05, 0) is 12.3 Å². The van der Waals surface area contributed by atoms with E-state index in [0.29, 0.717) is 6.61 Å². The largest absolute Gasteiger partial charge is 0.462 e. The average molecular weight is 130 g/mol. The molecule has 1 rings (SSSR count). The summed E-state index contributed by atoms with van der Waals surface area (Å²) in [6.45, 7) is 2.27. The summed E-state index contributed by atoms with van der Waals surface area (Å²) in [7, 11) is 0. The number of carbonyl (C=O) groups is 1. The normalized spacial score (nSPS) is 14.9. The highest BCUT2D eigenvalue weighted by Gasteiger charge is 2.18. The summed E-state index contributed by atoms with van der Waals surface area (Å²) in [5.41, 5.74) is 0. The molecular formula is C5H6O2S. The number of ether oxygens (including phenoxy) is 1. The van der Waals surface area contributed by atoms with E-state index in [0.717, 1.165) is 4.91 Å². The van der Waals surface area contributed by atoms with Crippen LogP contribution in [0.15, 0.2) is 10.3 Å². The molecule has 0 spiro atoms. The summed E-state index contributed by atoms with van der Waals surface area (Å²) in [6, 6.07) is 0. The van der Waals surface area contributed by atoms with Crippen molar-refractivity contribution in [1.82, 2.24) is 0 Å². The first-order valence-corrected chi connectivity index (χ1v) is 3.26. The van der Waals surface area contributed by atoms with Crippen molar-refractivity contribution < 1.29 is 9.53 Å². The van der Waals surface area contributed by atoms with Gasteiger partial charge in [0.05, 0.1) is 6.61 Å². The molecule has 3 heteroatoms. The molecule has 1 heterocycles. The quantitative estimate of drug-likeness (QED) is 0.524. The highest BCUT2D eigenvalue weighted by Crippen LogP contribution is 2.34. The molecule has 0 aliphatic carbocycles. The fraction of sp³-hybridized carbons (Fsp3) is 0.400. The van der Waals surface area contributed by atoms with Crippen molar-refractivity contribution in [3.63, 3.8) is 0 Å². The average Bonchev–Trinajstić information content (AvgIpc) is 2.45. The van der Waals surface area contributed by atoms with Crippen molar-refractivity contribution in [1.29, 1.82) is 0 Å². The van der Waals surface area contributed by atoms with E-state index >= 15 is 0 Å². The first kappa shape index (κ1) is 5.69. The molecule has 0 amide bonds. The Labute approximate surface area is 51.9 Å². The Bertz CT molecular complexity index is 139. The van der Waals surface area contributed by atoms with Gasteiger partial charge in [0.15, 0.2) is 0 Å². The standard InChI is InChI=1S/C5H6O2S/c1-2-7-5(6)4-3-8-4/h3H,2H2,1H3.